The second kappa shape index (κ2) is 5.93. The smallest absolute Gasteiger partial charge is 0.123 e. The number of hydrogen-bond acceptors (Lipinski definition) is 5. The molecule has 0 bridgehead atoms. The van der Waals surface area contributed by atoms with E-state index in [1.54, 1.807) is 11.3 Å². The van der Waals surface area contributed by atoms with Crippen LogP contribution in [-0.2, 0) is 6.54 Å². The first-order valence-corrected chi connectivity index (χ1v) is 7.12. The molecule has 2 aromatic rings. The number of aryl methyl sites for hydroxylation is 1. The van der Waals surface area contributed by atoms with Gasteiger partial charge in [-0.15, -0.1) is 11.3 Å². The third kappa shape index (κ3) is 3.61. The minimum atomic E-state index is 0.637. The Morgan fingerprint density at radius 1 is 1.37 bits per heavy atom. The third-order valence-electron chi connectivity index (χ3n) is 2.73. The molecule has 102 valence electrons. The summed E-state index contributed by atoms with van der Waals surface area (Å²) in [6.45, 7) is 5.38. The summed E-state index contributed by atoms with van der Waals surface area (Å²) in [5.74, 6) is 0.804. The van der Waals surface area contributed by atoms with Crippen molar-refractivity contribution < 1.29 is 4.74 Å². The van der Waals surface area contributed by atoms with E-state index in [2.05, 4.69) is 15.3 Å². The van der Waals surface area contributed by atoms with Crippen molar-refractivity contribution in [3.63, 3.8) is 0 Å². The molecule has 0 saturated heterocycles. The Hall–Kier alpha value is -1.75. The Balaban J connectivity index is 2.15. The standard InChI is InChI=1S/C14H19N3OS/c1-4-18-14-6-11(15)5-13(7-14)17(3)8-12-9-19-10(2)16-12/h5-7,9H,4,8,15H2,1-3H3. The van der Waals surface area contributed by atoms with Gasteiger partial charge in [-0.3, -0.25) is 0 Å². The Labute approximate surface area is 117 Å². The zero-order chi connectivity index (χ0) is 13.8. The molecule has 1 aromatic heterocycles. The summed E-state index contributed by atoms with van der Waals surface area (Å²) < 4.78 is 5.51. The number of benzene rings is 1. The van der Waals surface area contributed by atoms with Gasteiger partial charge < -0.3 is 15.4 Å². The molecule has 0 aliphatic rings. The maximum Gasteiger partial charge on any atom is 0.123 e. The number of nitrogens with two attached hydrogens (primary N) is 1. The summed E-state index contributed by atoms with van der Waals surface area (Å²) >= 11 is 1.67. The topological polar surface area (TPSA) is 51.4 Å². The van der Waals surface area contributed by atoms with Crippen LogP contribution in [0.15, 0.2) is 23.6 Å². The van der Waals surface area contributed by atoms with Gasteiger partial charge in [0.1, 0.15) is 5.75 Å². The molecule has 0 amide bonds. The van der Waals surface area contributed by atoms with Crippen molar-refractivity contribution in [3.8, 4) is 5.75 Å². The second-order valence-corrected chi connectivity index (χ2v) is 5.47. The fourth-order valence-corrected chi connectivity index (χ4v) is 2.50. The van der Waals surface area contributed by atoms with E-state index in [1.165, 1.54) is 0 Å². The number of ether oxygens (including phenoxy) is 1. The highest BCUT2D eigenvalue weighted by Crippen LogP contribution is 2.26. The molecule has 0 atom stereocenters. The van der Waals surface area contributed by atoms with Crippen molar-refractivity contribution in [1.82, 2.24) is 4.98 Å². The minimum absolute atomic E-state index is 0.637. The van der Waals surface area contributed by atoms with Crippen molar-refractivity contribution in [2.45, 2.75) is 20.4 Å². The Bertz CT molecular complexity index is 553. The van der Waals surface area contributed by atoms with Crippen LogP contribution in [0, 0.1) is 6.92 Å². The van der Waals surface area contributed by atoms with E-state index < -0.39 is 0 Å². The van der Waals surface area contributed by atoms with E-state index >= 15 is 0 Å². The maximum atomic E-state index is 5.90. The highest BCUT2D eigenvalue weighted by Gasteiger charge is 2.07. The molecule has 2 N–H and O–H groups in total. The Morgan fingerprint density at radius 2 is 2.16 bits per heavy atom. The molecule has 0 saturated carbocycles. The molecular formula is C14H19N3OS. The molecule has 4 nitrogen and oxygen atoms in total. The van der Waals surface area contributed by atoms with Gasteiger partial charge in [-0.25, -0.2) is 4.98 Å². The molecule has 5 heteroatoms. The van der Waals surface area contributed by atoms with Crippen LogP contribution in [-0.4, -0.2) is 18.6 Å². The van der Waals surface area contributed by atoms with E-state index in [0.29, 0.717) is 12.3 Å². The number of nitrogen functional groups attached to an aromatic ring is 1. The maximum absolute atomic E-state index is 5.90. The van der Waals surface area contributed by atoms with E-state index in [4.69, 9.17) is 10.5 Å². The Kier molecular flexibility index (Phi) is 4.27. The first-order chi connectivity index (χ1) is 9.08. The first kappa shape index (κ1) is 13.7. The predicted octanol–water partition coefficient (Wildman–Crippen LogP) is 3.07. The summed E-state index contributed by atoms with van der Waals surface area (Å²) in [5, 5.41) is 3.17. The summed E-state index contributed by atoms with van der Waals surface area (Å²) in [5.41, 5.74) is 8.73. The van der Waals surface area contributed by atoms with Crippen molar-refractivity contribution in [2.24, 2.45) is 0 Å². The highest BCUT2D eigenvalue weighted by molar-refractivity contribution is 7.09. The van der Waals surface area contributed by atoms with Gasteiger partial charge in [0.05, 0.1) is 23.9 Å². The predicted molar refractivity (Wildman–Crippen MR) is 81.0 cm³/mol. The lowest BCUT2D eigenvalue weighted by atomic mass is 10.2. The van der Waals surface area contributed by atoms with Gasteiger partial charge in [0.25, 0.3) is 0 Å². The average molecular weight is 277 g/mol. The van der Waals surface area contributed by atoms with Gasteiger partial charge in [-0.05, 0) is 19.9 Å². The monoisotopic (exact) mass is 277 g/mol. The summed E-state index contributed by atoms with van der Waals surface area (Å²) in [7, 11) is 2.03. The SMILES string of the molecule is CCOc1cc(N)cc(N(C)Cc2csc(C)n2)c1. The minimum Gasteiger partial charge on any atom is -0.494 e. The highest BCUT2D eigenvalue weighted by atomic mass is 32.1. The number of rotatable bonds is 5. The zero-order valence-corrected chi connectivity index (χ0v) is 12.3. The van der Waals surface area contributed by atoms with Gasteiger partial charge in [0.15, 0.2) is 0 Å². The average Bonchev–Trinajstić information content (AvgIpc) is 2.74. The van der Waals surface area contributed by atoms with Crippen LogP contribution >= 0.6 is 11.3 Å². The molecule has 2 rings (SSSR count). The first-order valence-electron chi connectivity index (χ1n) is 6.24. The molecule has 0 unspecified atom stereocenters. The van der Waals surface area contributed by atoms with Crippen LogP contribution in [0.25, 0.3) is 0 Å². The normalized spacial score (nSPS) is 10.5. The fraction of sp³-hybridized carbons (Fsp3) is 0.357. The van der Waals surface area contributed by atoms with Crippen LogP contribution in [0.5, 0.6) is 5.75 Å². The lowest BCUT2D eigenvalue weighted by molar-refractivity contribution is 0.340. The molecule has 0 fully saturated rings. The molecule has 0 aliphatic heterocycles. The van der Waals surface area contributed by atoms with Crippen molar-refractivity contribution in [3.05, 3.63) is 34.3 Å². The lowest BCUT2D eigenvalue weighted by Gasteiger charge is -2.19. The summed E-state index contributed by atoms with van der Waals surface area (Å²) in [4.78, 5) is 6.59. The quantitative estimate of drug-likeness (QED) is 0.853. The van der Waals surface area contributed by atoms with E-state index in [9.17, 15) is 0 Å². The Morgan fingerprint density at radius 3 is 2.79 bits per heavy atom. The summed E-state index contributed by atoms with van der Waals surface area (Å²) in [6.07, 6.45) is 0. The van der Waals surface area contributed by atoms with Crippen LogP contribution in [0.1, 0.15) is 17.6 Å². The van der Waals surface area contributed by atoms with Gasteiger partial charge >= 0.3 is 0 Å². The van der Waals surface area contributed by atoms with Gasteiger partial charge in [0, 0.05) is 35.9 Å². The molecule has 0 radical (unpaired) electrons. The van der Waals surface area contributed by atoms with Crippen LogP contribution in [0.3, 0.4) is 0 Å². The summed E-state index contributed by atoms with van der Waals surface area (Å²) in [6, 6.07) is 5.79. The van der Waals surface area contributed by atoms with Gasteiger partial charge in [0.2, 0.25) is 0 Å². The number of thiazole rings is 1. The third-order valence-corrected chi connectivity index (χ3v) is 3.55. The van der Waals surface area contributed by atoms with Crippen molar-refractivity contribution in [1.29, 1.82) is 0 Å². The van der Waals surface area contributed by atoms with E-state index in [1.807, 2.05) is 39.1 Å². The zero-order valence-electron chi connectivity index (χ0n) is 11.5. The second-order valence-electron chi connectivity index (χ2n) is 4.41. The number of anilines is 2. The molecule has 0 aliphatic carbocycles. The largest absolute Gasteiger partial charge is 0.494 e. The molecule has 1 aromatic carbocycles. The molecular weight excluding hydrogens is 258 g/mol. The van der Waals surface area contributed by atoms with Crippen LogP contribution in [0.4, 0.5) is 11.4 Å². The number of hydrogen-bond donors (Lipinski definition) is 1. The number of nitrogens with zero attached hydrogens (tertiary/aromatic N) is 2. The van der Waals surface area contributed by atoms with E-state index in [-0.39, 0.29) is 0 Å². The molecule has 19 heavy (non-hydrogen) atoms. The fourth-order valence-electron chi connectivity index (χ4n) is 1.89. The van der Waals surface area contributed by atoms with Gasteiger partial charge in [-0.1, -0.05) is 0 Å². The molecule has 0 spiro atoms. The van der Waals surface area contributed by atoms with Crippen molar-refractivity contribution >= 4 is 22.7 Å². The molecule has 1 heterocycles. The van der Waals surface area contributed by atoms with Crippen LogP contribution < -0.4 is 15.4 Å². The lowest BCUT2D eigenvalue weighted by Crippen LogP contribution is -2.17. The van der Waals surface area contributed by atoms with Crippen molar-refractivity contribution in [2.75, 3.05) is 24.3 Å². The number of aromatic nitrogens is 1. The van der Waals surface area contributed by atoms with Crippen LogP contribution in [0.2, 0.25) is 0 Å². The van der Waals surface area contributed by atoms with Gasteiger partial charge in [-0.2, -0.15) is 0 Å². The van der Waals surface area contributed by atoms with E-state index in [0.717, 1.165) is 28.7 Å².